The first kappa shape index (κ1) is 11.3. The number of hydrogen-bond acceptors (Lipinski definition) is 7. The van der Waals surface area contributed by atoms with Gasteiger partial charge in [0.25, 0.3) is 0 Å². The summed E-state index contributed by atoms with van der Waals surface area (Å²) in [7, 11) is 1.42. The molecule has 0 saturated carbocycles. The lowest BCUT2D eigenvalue weighted by Gasteiger charge is -2.20. The van der Waals surface area contributed by atoms with Crippen LogP contribution in [-0.4, -0.2) is 40.8 Å². The van der Waals surface area contributed by atoms with Gasteiger partial charge in [0.2, 0.25) is 5.13 Å². The van der Waals surface area contributed by atoms with Gasteiger partial charge in [-0.05, 0) is 19.4 Å². The summed E-state index contributed by atoms with van der Waals surface area (Å²) in [6.45, 7) is 1.51. The molecule has 1 unspecified atom stereocenters. The summed E-state index contributed by atoms with van der Waals surface area (Å²) in [5, 5.41) is 9.00. The fraction of sp³-hybridized carbons (Fsp3) is 0.667. The minimum absolute atomic E-state index is 0.143. The molecule has 0 radical (unpaired) electrons. The number of aromatic nitrogens is 2. The number of likely N-dealkylation sites (tertiary alicyclic amines) is 1. The van der Waals surface area contributed by atoms with Crippen LogP contribution in [0.15, 0.2) is 0 Å². The number of hydrogen-bond donors (Lipinski definition) is 1. The molecule has 7 heteroatoms. The molecule has 1 aromatic heterocycles. The van der Waals surface area contributed by atoms with Gasteiger partial charge in [-0.1, -0.05) is 11.3 Å². The summed E-state index contributed by atoms with van der Waals surface area (Å²) in [6.07, 6.45) is 1.86. The van der Waals surface area contributed by atoms with Crippen LogP contribution in [0.25, 0.3) is 0 Å². The van der Waals surface area contributed by atoms with Crippen LogP contribution in [0.2, 0.25) is 0 Å². The normalized spacial score (nSPS) is 21.2. The molecule has 1 aliphatic heterocycles. The van der Waals surface area contributed by atoms with E-state index >= 15 is 0 Å². The predicted molar refractivity (Wildman–Crippen MR) is 59.8 cm³/mol. The van der Waals surface area contributed by atoms with E-state index in [1.54, 1.807) is 0 Å². The lowest BCUT2D eigenvalue weighted by Crippen LogP contribution is -2.36. The van der Waals surface area contributed by atoms with Crippen molar-refractivity contribution in [2.75, 3.05) is 19.4 Å². The number of rotatable bonds is 3. The maximum Gasteiger partial charge on any atom is 0.323 e. The Kier molecular flexibility index (Phi) is 3.35. The van der Waals surface area contributed by atoms with E-state index in [9.17, 15) is 4.79 Å². The smallest absolute Gasteiger partial charge is 0.323 e. The number of carbonyl (C=O) groups is 1. The van der Waals surface area contributed by atoms with Gasteiger partial charge < -0.3 is 10.5 Å². The van der Waals surface area contributed by atoms with Gasteiger partial charge in [0.05, 0.1) is 13.7 Å². The number of nitrogens with two attached hydrogens (primary N) is 1. The summed E-state index contributed by atoms with van der Waals surface area (Å²) < 4.78 is 4.77. The first-order valence-corrected chi connectivity index (χ1v) is 5.92. The third-order valence-corrected chi connectivity index (χ3v) is 3.39. The number of ether oxygens (including phenoxy) is 1. The van der Waals surface area contributed by atoms with Gasteiger partial charge in [0.15, 0.2) is 0 Å². The monoisotopic (exact) mass is 242 g/mol. The van der Waals surface area contributed by atoms with E-state index in [0.717, 1.165) is 24.4 Å². The highest BCUT2D eigenvalue weighted by molar-refractivity contribution is 7.15. The Morgan fingerprint density at radius 2 is 2.50 bits per heavy atom. The maximum atomic E-state index is 11.5. The standard InChI is InChI=1S/C9H14N4O2S/c1-15-8(14)6-3-2-4-13(6)5-7-11-12-9(10)16-7/h6H,2-5H2,1H3,(H2,10,12). The lowest BCUT2D eigenvalue weighted by molar-refractivity contribution is -0.146. The second kappa shape index (κ2) is 4.75. The quantitative estimate of drug-likeness (QED) is 0.766. The van der Waals surface area contributed by atoms with Gasteiger partial charge in [-0.3, -0.25) is 9.69 Å². The molecule has 0 spiro atoms. The largest absolute Gasteiger partial charge is 0.468 e. The molecule has 1 saturated heterocycles. The van der Waals surface area contributed by atoms with Gasteiger partial charge in [0.1, 0.15) is 11.0 Å². The maximum absolute atomic E-state index is 11.5. The molecule has 16 heavy (non-hydrogen) atoms. The van der Waals surface area contributed by atoms with E-state index in [-0.39, 0.29) is 12.0 Å². The van der Waals surface area contributed by atoms with Crippen LogP contribution in [0, 0.1) is 0 Å². The van der Waals surface area contributed by atoms with Crippen molar-refractivity contribution in [1.82, 2.24) is 15.1 Å². The van der Waals surface area contributed by atoms with E-state index < -0.39 is 0 Å². The van der Waals surface area contributed by atoms with E-state index in [2.05, 4.69) is 15.1 Å². The van der Waals surface area contributed by atoms with Crippen molar-refractivity contribution in [3.63, 3.8) is 0 Å². The van der Waals surface area contributed by atoms with Crippen LogP contribution in [0.5, 0.6) is 0 Å². The van der Waals surface area contributed by atoms with Crippen molar-refractivity contribution >= 4 is 22.4 Å². The molecule has 0 aromatic carbocycles. The summed E-state index contributed by atoms with van der Waals surface area (Å²) in [5.41, 5.74) is 5.51. The van der Waals surface area contributed by atoms with Crippen molar-refractivity contribution in [3.8, 4) is 0 Å². The van der Waals surface area contributed by atoms with Crippen molar-refractivity contribution in [2.24, 2.45) is 0 Å². The van der Waals surface area contributed by atoms with Gasteiger partial charge in [0, 0.05) is 0 Å². The Balaban J connectivity index is 2.01. The van der Waals surface area contributed by atoms with E-state index in [1.807, 2.05) is 0 Å². The molecule has 2 heterocycles. The zero-order valence-corrected chi connectivity index (χ0v) is 9.87. The Morgan fingerprint density at radius 1 is 1.69 bits per heavy atom. The highest BCUT2D eigenvalue weighted by Gasteiger charge is 2.31. The Bertz CT molecular complexity index is 381. The molecule has 2 rings (SSSR count). The number of anilines is 1. The molecule has 1 atom stereocenters. The van der Waals surface area contributed by atoms with Crippen LogP contribution in [0.3, 0.4) is 0 Å². The number of nitrogens with zero attached hydrogens (tertiary/aromatic N) is 3. The molecule has 2 N–H and O–H groups in total. The molecule has 1 aliphatic rings. The van der Waals surface area contributed by atoms with E-state index in [1.165, 1.54) is 18.4 Å². The zero-order chi connectivity index (χ0) is 11.5. The summed E-state index contributed by atoms with van der Waals surface area (Å²) in [4.78, 5) is 13.6. The van der Waals surface area contributed by atoms with Crippen molar-refractivity contribution in [1.29, 1.82) is 0 Å². The molecule has 0 amide bonds. The fourth-order valence-corrected chi connectivity index (χ4v) is 2.56. The van der Waals surface area contributed by atoms with Crippen molar-refractivity contribution in [2.45, 2.75) is 25.4 Å². The average molecular weight is 242 g/mol. The minimum atomic E-state index is -0.171. The molecule has 6 nitrogen and oxygen atoms in total. The first-order chi connectivity index (χ1) is 7.70. The number of esters is 1. The van der Waals surface area contributed by atoms with Crippen LogP contribution >= 0.6 is 11.3 Å². The van der Waals surface area contributed by atoms with Gasteiger partial charge in [-0.2, -0.15) is 0 Å². The van der Waals surface area contributed by atoms with Crippen molar-refractivity contribution < 1.29 is 9.53 Å². The average Bonchev–Trinajstić information content (AvgIpc) is 2.87. The first-order valence-electron chi connectivity index (χ1n) is 5.10. The summed E-state index contributed by atoms with van der Waals surface area (Å²) >= 11 is 1.36. The van der Waals surface area contributed by atoms with E-state index in [4.69, 9.17) is 10.5 Å². The number of carbonyl (C=O) groups excluding carboxylic acids is 1. The van der Waals surface area contributed by atoms with Gasteiger partial charge in [-0.15, -0.1) is 10.2 Å². The molecular weight excluding hydrogens is 228 g/mol. The third-order valence-electron chi connectivity index (χ3n) is 2.66. The molecule has 88 valence electrons. The SMILES string of the molecule is COC(=O)C1CCCN1Cc1nnc(N)s1. The summed E-state index contributed by atoms with van der Waals surface area (Å²) in [5.74, 6) is -0.171. The van der Waals surface area contributed by atoms with E-state index in [0.29, 0.717) is 11.7 Å². The Hall–Kier alpha value is -1.21. The number of methoxy groups -OCH3 is 1. The van der Waals surface area contributed by atoms with Gasteiger partial charge in [-0.25, -0.2) is 0 Å². The predicted octanol–water partition coefficient (Wildman–Crippen LogP) is 0.258. The second-order valence-electron chi connectivity index (χ2n) is 3.69. The van der Waals surface area contributed by atoms with Crippen molar-refractivity contribution in [3.05, 3.63) is 5.01 Å². The molecule has 0 bridgehead atoms. The number of nitrogen functional groups attached to an aromatic ring is 1. The lowest BCUT2D eigenvalue weighted by atomic mass is 10.2. The second-order valence-corrected chi connectivity index (χ2v) is 4.78. The van der Waals surface area contributed by atoms with Crippen LogP contribution in [0.1, 0.15) is 17.8 Å². The Morgan fingerprint density at radius 3 is 3.12 bits per heavy atom. The van der Waals surface area contributed by atoms with Gasteiger partial charge >= 0.3 is 5.97 Å². The van der Waals surface area contributed by atoms with Crippen LogP contribution in [-0.2, 0) is 16.1 Å². The zero-order valence-electron chi connectivity index (χ0n) is 9.05. The highest BCUT2D eigenvalue weighted by atomic mass is 32.1. The molecule has 1 fully saturated rings. The molecular formula is C9H14N4O2S. The third kappa shape index (κ3) is 2.30. The highest BCUT2D eigenvalue weighted by Crippen LogP contribution is 2.22. The molecule has 0 aliphatic carbocycles. The fourth-order valence-electron chi connectivity index (χ4n) is 1.92. The molecule has 1 aromatic rings. The topological polar surface area (TPSA) is 81.3 Å². The summed E-state index contributed by atoms with van der Waals surface area (Å²) in [6, 6.07) is -0.143. The Labute approximate surface area is 97.4 Å². The van der Waals surface area contributed by atoms with Crippen LogP contribution in [0.4, 0.5) is 5.13 Å². The van der Waals surface area contributed by atoms with Crippen LogP contribution < -0.4 is 5.73 Å². The minimum Gasteiger partial charge on any atom is -0.468 e.